The fraction of sp³-hybridized carbons (Fsp3) is 0.276. The smallest absolute Gasteiger partial charge is 0.394 e. The van der Waals surface area contributed by atoms with Crippen LogP contribution in [0.5, 0.6) is 5.75 Å². The number of benzene rings is 2. The Morgan fingerprint density at radius 1 is 1.07 bits per heavy atom. The van der Waals surface area contributed by atoms with Gasteiger partial charge in [0.1, 0.15) is 28.4 Å². The molecule has 1 amide bonds. The Balaban J connectivity index is 1.34. The van der Waals surface area contributed by atoms with Crippen molar-refractivity contribution >= 4 is 33.9 Å². The summed E-state index contributed by atoms with van der Waals surface area (Å²) in [6.07, 6.45) is -0.779. The molecular weight excluding hydrogens is 555 g/mol. The topological polar surface area (TPSA) is 84.9 Å². The Bertz CT molecular complexity index is 1520. The van der Waals surface area contributed by atoms with E-state index in [2.05, 4.69) is 14.9 Å². The largest absolute Gasteiger partial charge is 0.588 e. The van der Waals surface area contributed by atoms with Gasteiger partial charge in [-0.05, 0) is 42.5 Å². The second kappa shape index (κ2) is 11.9. The number of aromatic nitrogens is 2. The SMILES string of the molecule is CN(c1ccc(C(=O)N2CCN(Cc3ccc(F)cn3)CC2)cc1OC(C)(F)F)[S@+]([O-])c1cccc2cccnc12. The number of rotatable bonds is 8. The number of carbonyl (C=O) groups excluding carboxylic acids is 1. The molecule has 0 unspecified atom stereocenters. The van der Waals surface area contributed by atoms with Crippen LogP contribution in [0.1, 0.15) is 23.0 Å². The van der Waals surface area contributed by atoms with E-state index in [0.29, 0.717) is 50.1 Å². The summed E-state index contributed by atoms with van der Waals surface area (Å²) in [5.74, 6) is -1.00. The minimum Gasteiger partial charge on any atom is -0.588 e. The number of alkyl halides is 2. The zero-order valence-corrected chi connectivity index (χ0v) is 23.3. The van der Waals surface area contributed by atoms with Crippen LogP contribution in [0.3, 0.4) is 0 Å². The average Bonchev–Trinajstić information content (AvgIpc) is 2.96. The molecule has 3 heterocycles. The highest BCUT2D eigenvalue weighted by Gasteiger charge is 2.31. The molecule has 214 valence electrons. The second-order valence-electron chi connectivity index (χ2n) is 9.71. The van der Waals surface area contributed by atoms with Crippen molar-refractivity contribution in [3.63, 3.8) is 0 Å². The number of pyridine rings is 2. The third-order valence-corrected chi connectivity index (χ3v) is 8.10. The van der Waals surface area contributed by atoms with Crippen molar-refractivity contribution in [2.75, 3.05) is 37.5 Å². The molecule has 1 saturated heterocycles. The van der Waals surface area contributed by atoms with Crippen LogP contribution in [0.25, 0.3) is 10.9 Å². The van der Waals surface area contributed by atoms with E-state index >= 15 is 0 Å². The first-order chi connectivity index (χ1) is 19.6. The van der Waals surface area contributed by atoms with Crippen molar-refractivity contribution in [2.24, 2.45) is 0 Å². The number of halogens is 3. The number of para-hydroxylation sites is 1. The van der Waals surface area contributed by atoms with E-state index in [1.54, 1.807) is 35.4 Å². The highest BCUT2D eigenvalue weighted by molar-refractivity contribution is 7.93. The number of hydrogen-bond acceptors (Lipinski definition) is 7. The third kappa shape index (κ3) is 6.72. The minimum atomic E-state index is -3.54. The molecule has 4 aromatic rings. The summed E-state index contributed by atoms with van der Waals surface area (Å²) >= 11 is -1.82. The predicted molar refractivity (Wildman–Crippen MR) is 150 cm³/mol. The van der Waals surface area contributed by atoms with E-state index in [9.17, 15) is 22.5 Å². The number of hydrogen-bond donors (Lipinski definition) is 0. The van der Waals surface area contributed by atoms with Gasteiger partial charge in [-0.25, -0.2) is 4.39 Å². The van der Waals surface area contributed by atoms with E-state index in [1.165, 1.54) is 41.8 Å². The average molecular weight is 584 g/mol. The van der Waals surface area contributed by atoms with Gasteiger partial charge >= 0.3 is 6.11 Å². The molecule has 0 radical (unpaired) electrons. The number of carbonyl (C=O) groups is 1. The van der Waals surface area contributed by atoms with E-state index in [1.807, 2.05) is 12.1 Å². The fourth-order valence-corrected chi connectivity index (χ4v) is 5.81. The normalized spacial score (nSPS) is 15.1. The summed E-state index contributed by atoms with van der Waals surface area (Å²) in [7, 11) is 1.50. The van der Waals surface area contributed by atoms with Crippen molar-refractivity contribution in [2.45, 2.75) is 24.5 Å². The van der Waals surface area contributed by atoms with Crippen molar-refractivity contribution in [3.05, 3.63) is 90.1 Å². The van der Waals surface area contributed by atoms with Gasteiger partial charge in [-0.1, -0.05) is 18.2 Å². The molecule has 1 atom stereocenters. The maximum Gasteiger partial charge on any atom is 0.394 e. The maximum atomic E-state index is 14.1. The van der Waals surface area contributed by atoms with Crippen LogP contribution in [0.2, 0.25) is 0 Å². The summed E-state index contributed by atoms with van der Waals surface area (Å²) < 4.78 is 61.1. The Morgan fingerprint density at radius 2 is 1.83 bits per heavy atom. The van der Waals surface area contributed by atoms with Crippen LogP contribution in [-0.4, -0.2) is 69.6 Å². The summed E-state index contributed by atoms with van der Waals surface area (Å²) in [6.45, 7) is 3.10. The van der Waals surface area contributed by atoms with E-state index < -0.39 is 23.3 Å². The van der Waals surface area contributed by atoms with Crippen molar-refractivity contribution < 1.29 is 27.3 Å². The molecule has 1 aliphatic rings. The Hall–Kier alpha value is -3.87. The lowest BCUT2D eigenvalue weighted by Gasteiger charge is -2.34. The summed E-state index contributed by atoms with van der Waals surface area (Å²) in [6, 6.07) is 16.1. The van der Waals surface area contributed by atoms with Crippen molar-refractivity contribution in [1.82, 2.24) is 19.8 Å². The number of amides is 1. The Morgan fingerprint density at radius 3 is 2.54 bits per heavy atom. The number of fused-ring (bicyclic) bond motifs is 1. The lowest BCUT2D eigenvalue weighted by Crippen LogP contribution is -2.48. The molecule has 0 spiro atoms. The predicted octanol–water partition coefficient (Wildman–Crippen LogP) is 4.88. The van der Waals surface area contributed by atoms with Crippen molar-refractivity contribution in [1.29, 1.82) is 0 Å². The molecule has 1 aliphatic heterocycles. The molecule has 0 N–H and O–H groups in total. The number of ether oxygens (including phenoxy) is 1. The maximum absolute atomic E-state index is 14.1. The molecule has 2 aromatic heterocycles. The van der Waals surface area contributed by atoms with Gasteiger partial charge < -0.3 is 14.2 Å². The van der Waals surface area contributed by atoms with E-state index in [0.717, 1.165) is 11.1 Å². The number of nitrogens with zero attached hydrogens (tertiary/aromatic N) is 5. The molecule has 0 saturated carbocycles. The van der Waals surface area contributed by atoms with Gasteiger partial charge in [-0.15, -0.1) is 0 Å². The lowest BCUT2D eigenvalue weighted by molar-refractivity contribution is -0.158. The van der Waals surface area contributed by atoms with Gasteiger partial charge in [-0.2, -0.15) is 13.1 Å². The van der Waals surface area contributed by atoms with Crippen LogP contribution in [0, 0.1) is 5.82 Å². The second-order valence-corrected chi connectivity index (χ2v) is 11.2. The van der Waals surface area contributed by atoms with E-state index in [4.69, 9.17) is 4.74 Å². The first-order valence-corrected chi connectivity index (χ1v) is 14.0. The molecular formula is C29H28F3N5O3S. The monoisotopic (exact) mass is 583 g/mol. The van der Waals surface area contributed by atoms with Gasteiger partial charge in [0.15, 0.2) is 5.75 Å². The summed E-state index contributed by atoms with van der Waals surface area (Å²) in [5, 5.41) is 0.790. The zero-order chi connectivity index (χ0) is 29.1. The van der Waals surface area contributed by atoms with Gasteiger partial charge in [0.2, 0.25) is 4.90 Å². The van der Waals surface area contributed by atoms with Gasteiger partial charge in [0, 0.05) is 56.8 Å². The summed E-state index contributed by atoms with van der Waals surface area (Å²) in [4.78, 5) is 25.9. The zero-order valence-electron chi connectivity index (χ0n) is 22.5. The highest BCUT2D eigenvalue weighted by Crippen LogP contribution is 2.36. The Labute approximate surface area is 238 Å². The standard InChI is InChI=1S/C29H28F3N5O3S/c1-29(31,32)40-25-17-21(28(38)37-15-13-36(14-16-37)19-23-10-9-22(30)18-34-23)8-11-24(25)35(2)41(39)26-7-3-5-20-6-4-12-33-27(20)26/h3-12,17-18H,13-16,19H2,1-2H3/t41-/m1/s1. The van der Waals surface area contributed by atoms with Crippen LogP contribution in [0.15, 0.2) is 78.0 Å². The fourth-order valence-electron chi connectivity index (χ4n) is 4.66. The minimum absolute atomic E-state index is 0.131. The van der Waals surface area contributed by atoms with E-state index in [-0.39, 0.29) is 22.9 Å². The Kier molecular flexibility index (Phi) is 8.34. The van der Waals surface area contributed by atoms with Gasteiger partial charge in [-0.3, -0.25) is 19.7 Å². The molecule has 41 heavy (non-hydrogen) atoms. The van der Waals surface area contributed by atoms with Gasteiger partial charge in [0.05, 0.1) is 18.9 Å². The molecule has 0 bridgehead atoms. The number of anilines is 1. The first kappa shape index (κ1) is 28.7. The molecule has 12 heteroatoms. The van der Waals surface area contributed by atoms with Crippen LogP contribution in [0.4, 0.5) is 18.9 Å². The van der Waals surface area contributed by atoms with Gasteiger partial charge in [0.25, 0.3) is 5.91 Å². The third-order valence-electron chi connectivity index (χ3n) is 6.70. The summed E-state index contributed by atoms with van der Waals surface area (Å²) in [5.41, 5.74) is 1.56. The number of piperazine rings is 1. The molecule has 5 rings (SSSR count). The lowest BCUT2D eigenvalue weighted by atomic mass is 10.1. The first-order valence-electron chi connectivity index (χ1n) is 12.9. The highest BCUT2D eigenvalue weighted by atomic mass is 32.2. The molecule has 2 aromatic carbocycles. The molecule has 0 aliphatic carbocycles. The van der Waals surface area contributed by atoms with Crippen LogP contribution < -0.4 is 9.04 Å². The molecule has 8 nitrogen and oxygen atoms in total. The molecule has 1 fully saturated rings. The van der Waals surface area contributed by atoms with Crippen LogP contribution >= 0.6 is 0 Å². The van der Waals surface area contributed by atoms with Crippen molar-refractivity contribution in [3.8, 4) is 5.75 Å². The quantitative estimate of drug-likeness (QED) is 0.274. The van der Waals surface area contributed by atoms with Crippen LogP contribution in [-0.2, 0) is 17.9 Å².